The predicted octanol–water partition coefficient (Wildman–Crippen LogP) is 5.72. The van der Waals surface area contributed by atoms with E-state index in [0.29, 0.717) is 11.3 Å². The molecule has 0 aromatic heterocycles. The summed E-state index contributed by atoms with van der Waals surface area (Å²) in [5, 5.41) is 22.4. The van der Waals surface area contributed by atoms with Crippen LogP contribution in [0.2, 0.25) is 10.0 Å². The summed E-state index contributed by atoms with van der Waals surface area (Å²) >= 11 is 13.3. The summed E-state index contributed by atoms with van der Waals surface area (Å²) in [5.74, 6) is -0.657. The minimum absolute atomic E-state index is 0.167. The zero-order valence-corrected chi connectivity index (χ0v) is 20.7. The number of nitrogens with zero attached hydrogens (tertiary/aromatic N) is 2. The van der Waals surface area contributed by atoms with E-state index < -0.39 is 29.8 Å². The fourth-order valence-electron chi connectivity index (χ4n) is 5.01. The molecule has 1 unspecified atom stereocenters. The van der Waals surface area contributed by atoms with Gasteiger partial charge in [-0.2, -0.15) is 0 Å². The molecule has 1 saturated heterocycles. The number of aliphatic hydroxyl groups is 1. The van der Waals surface area contributed by atoms with Crippen molar-refractivity contribution in [3.05, 3.63) is 106 Å². The Bertz CT molecular complexity index is 1190. The van der Waals surface area contributed by atoms with Crippen LogP contribution < -0.4 is 0 Å². The van der Waals surface area contributed by atoms with Gasteiger partial charge in [0.15, 0.2) is 5.66 Å². The maximum Gasteiger partial charge on any atom is 0.416 e. The van der Waals surface area contributed by atoms with Gasteiger partial charge in [0, 0.05) is 21.7 Å². The van der Waals surface area contributed by atoms with Crippen LogP contribution in [0.25, 0.3) is 0 Å². The molecule has 0 spiro atoms. The summed E-state index contributed by atoms with van der Waals surface area (Å²) in [7, 11) is 0. The minimum atomic E-state index is -1.83. The Morgan fingerprint density at radius 1 is 0.971 bits per heavy atom. The molecule has 0 saturated carbocycles. The van der Waals surface area contributed by atoms with Crippen LogP contribution in [-0.2, 0) is 16.9 Å². The molecule has 1 aliphatic heterocycles. The molecular formula is C27H26Cl2N2O4. The lowest BCUT2D eigenvalue weighted by molar-refractivity contribution is -0.137. The number of carboxylic acid groups (broad SMARTS) is 1. The summed E-state index contributed by atoms with van der Waals surface area (Å²) in [6.07, 6.45) is -2.18. The molecule has 2 N–H and O–H groups in total. The Labute approximate surface area is 214 Å². The Morgan fingerprint density at radius 2 is 1.54 bits per heavy atom. The second-order valence-electron chi connectivity index (χ2n) is 8.59. The lowest BCUT2D eigenvalue weighted by Crippen LogP contribution is -2.61. The fourth-order valence-corrected chi connectivity index (χ4v) is 5.69. The largest absolute Gasteiger partial charge is 0.465 e. The van der Waals surface area contributed by atoms with E-state index in [1.54, 1.807) is 23.1 Å². The second-order valence-corrected chi connectivity index (χ2v) is 9.40. The van der Waals surface area contributed by atoms with E-state index in [2.05, 4.69) is 0 Å². The Kier molecular flexibility index (Phi) is 7.47. The van der Waals surface area contributed by atoms with Gasteiger partial charge in [-0.15, -0.1) is 0 Å². The summed E-state index contributed by atoms with van der Waals surface area (Å²) < 4.78 is 0. The van der Waals surface area contributed by atoms with Crippen molar-refractivity contribution in [1.29, 1.82) is 0 Å². The number of amides is 2. The third-order valence-electron chi connectivity index (χ3n) is 6.62. The summed E-state index contributed by atoms with van der Waals surface area (Å²) in [6.45, 7) is 1.64. The Morgan fingerprint density at radius 3 is 2.11 bits per heavy atom. The van der Waals surface area contributed by atoms with Crippen LogP contribution in [-0.4, -0.2) is 44.7 Å². The van der Waals surface area contributed by atoms with Gasteiger partial charge in [0.25, 0.3) is 0 Å². The van der Waals surface area contributed by atoms with Gasteiger partial charge in [0.05, 0.1) is 12.6 Å². The first kappa shape index (κ1) is 25.2. The standard InChI is InChI=1S/C27H26Cl2N2O4/c1-18(20-11-6-3-7-12-20)30-17-24(33)31(26(34)35)27(30,25-21(28)13-8-14-22(25)29)23(32)16-15-19-9-4-2-5-10-19/h2-14,18,23,32H,15-17H2,1H3,(H,34,35)/t18?,23-,27+/m0/s1. The van der Waals surface area contributed by atoms with E-state index >= 15 is 0 Å². The van der Waals surface area contributed by atoms with Gasteiger partial charge in [-0.3, -0.25) is 9.69 Å². The first-order chi connectivity index (χ1) is 16.8. The van der Waals surface area contributed by atoms with E-state index in [-0.39, 0.29) is 28.6 Å². The third-order valence-corrected chi connectivity index (χ3v) is 7.25. The van der Waals surface area contributed by atoms with Crippen LogP contribution in [0, 0.1) is 0 Å². The first-order valence-corrected chi connectivity index (χ1v) is 12.1. The van der Waals surface area contributed by atoms with Gasteiger partial charge in [-0.25, -0.2) is 9.69 Å². The minimum Gasteiger partial charge on any atom is -0.465 e. The third kappa shape index (κ3) is 4.55. The molecule has 3 aromatic carbocycles. The maximum atomic E-state index is 13.3. The van der Waals surface area contributed by atoms with Crippen molar-refractivity contribution in [1.82, 2.24) is 9.80 Å². The van der Waals surface area contributed by atoms with E-state index in [9.17, 15) is 19.8 Å². The quantitative estimate of drug-likeness (QED) is 0.422. The van der Waals surface area contributed by atoms with Crippen LogP contribution in [0.15, 0.2) is 78.9 Å². The van der Waals surface area contributed by atoms with Gasteiger partial charge in [0.2, 0.25) is 5.91 Å². The monoisotopic (exact) mass is 512 g/mol. The Balaban J connectivity index is 1.92. The zero-order chi connectivity index (χ0) is 25.2. The molecule has 182 valence electrons. The number of aliphatic hydroxyl groups excluding tert-OH is 1. The van der Waals surface area contributed by atoms with E-state index in [0.717, 1.165) is 11.1 Å². The molecule has 0 bridgehead atoms. The van der Waals surface area contributed by atoms with E-state index in [1.165, 1.54) is 0 Å². The molecule has 3 aromatic rings. The van der Waals surface area contributed by atoms with Crippen molar-refractivity contribution in [2.24, 2.45) is 0 Å². The topological polar surface area (TPSA) is 81.1 Å². The number of imide groups is 1. The molecular weight excluding hydrogens is 487 g/mol. The van der Waals surface area contributed by atoms with E-state index in [1.807, 2.05) is 67.6 Å². The van der Waals surface area contributed by atoms with Gasteiger partial charge < -0.3 is 10.2 Å². The fraction of sp³-hybridized carbons (Fsp3) is 0.259. The molecule has 8 heteroatoms. The summed E-state index contributed by atoms with van der Waals surface area (Å²) in [5.41, 5.74) is 0.193. The van der Waals surface area contributed by atoms with Crippen LogP contribution in [0.3, 0.4) is 0 Å². The molecule has 0 radical (unpaired) electrons. The smallest absolute Gasteiger partial charge is 0.416 e. The lowest BCUT2D eigenvalue weighted by atomic mass is 9.86. The summed E-state index contributed by atoms with van der Waals surface area (Å²) in [6, 6.07) is 23.3. The molecule has 6 nitrogen and oxygen atoms in total. The molecule has 35 heavy (non-hydrogen) atoms. The maximum absolute atomic E-state index is 13.3. The summed E-state index contributed by atoms with van der Waals surface area (Å²) in [4.78, 5) is 28.2. The van der Waals surface area contributed by atoms with Crippen LogP contribution >= 0.6 is 23.2 Å². The number of halogens is 2. The molecule has 1 fully saturated rings. The van der Waals surface area contributed by atoms with Crippen molar-refractivity contribution >= 4 is 35.2 Å². The van der Waals surface area contributed by atoms with Gasteiger partial charge >= 0.3 is 6.09 Å². The van der Waals surface area contributed by atoms with Crippen LogP contribution in [0.5, 0.6) is 0 Å². The lowest BCUT2D eigenvalue weighted by Gasteiger charge is -2.48. The molecule has 1 heterocycles. The van der Waals surface area contributed by atoms with Gasteiger partial charge in [0.1, 0.15) is 0 Å². The highest BCUT2D eigenvalue weighted by atomic mass is 35.5. The number of rotatable bonds is 7. The number of carbonyl (C=O) groups is 2. The van der Waals surface area contributed by atoms with Crippen LogP contribution in [0.4, 0.5) is 4.79 Å². The van der Waals surface area contributed by atoms with Crippen molar-refractivity contribution in [3.63, 3.8) is 0 Å². The Hall–Kier alpha value is -2.90. The van der Waals surface area contributed by atoms with Gasteiger partial charge in [-0.1, -0.05) is 89.9 Å². The number of hydrogen-bond acceptors (Lipinski definition) is 4. The SMILES string of the molecule is CC(c1ccccc1)N1CC(=O)N(C(=O)O)[C@@]1(c1c(Cl)cccc1Cl)[C@@H](O)CCc1ccccc1. The second kappa shape index (κ2) is 10.4. The van der Waals surface area contributed by atoms with E-state index in [4.69, 9.17) is 23.2 Å². The average molecular weight is 513 g/mol. The number of benzene rings is 3. The highest BCUT2D eigenvalue weighted by molar-refractivity contribution is 6.36. The number of carbonyl (C=O) groups excluding carboxylic acids is 1. The normalized spacial score (nSPS) is 20.1. The molecule has 2 amide bonds. The predicted molar refractivity (Wildman–Crippen MR) is 135 cm³/mol. The highest BCUT2D eigenvalue weighted by Crippen LogP contribution is 2.50. The molecule has 3 atom stereocenters. The van der Waals surface area contributed by atoms with Crippen LogP contribution in [0.1, 0.15) is 36.1 Å². The van der Waals surface area contributed by atoms with Crippen molar-refractivity contribution in [2.45, 2.75) is 37.6 Å². The first-order valence-electron chi connectivity index (χ1n) is 11.3. The molecule has 0 aliphatic carbocycles. The number of hydrogen-bond donors (Lipinski definition) is 2. The zero-order valence-electron chi connectivity index (χ0n) is 19.1. The molecule has 1 aliphatic rings. The van der Waals surface area contributed by atoms with Crippen molar-refractivity contribution < 1.29 is 19.8 Å². The number of aryl methyl sites for hydroxylation is 1. The highest BCUT2D eigenvalue weighted by Gasteiger charge is 2.62. The molecule has 4 rings (SSSR count). The van der Waals surface area contributed by atoms with Gasteiger partial charge in [-0.05, 0) is 43.0 Å². The average Bonchev–Trinajstić information content (AvgIpc) is 3.16. The van der Waals surface area contributed by atoms with Crippen molar-refractivity contribution in [3.8, 4) is 0 Å². The van der Waals surface area contributed by atoms with Crippen molar-refractivity contribution in [2.75, 3.05) is 6.54 Å².